The number of nitrogens with one attached hydrogen (secondary N) is 2. The molecule has 0 aliphatic carbocycles. The molecule has 0 saturated heterocycles. The van der Waals surface area contributed by atoms with E-state index in [4.69, 9.17) is 11.5 Å². The van der Waals surface area contributed by atoms with Gasteiger partial charge in [0.1, 0.15) is 0 Å². The summed E-state index contributed by atoms with van der Waals surface area (Å²) in [5.41, 5.74) is 1.45. The van der Waals surface area contributed by atoms with E-state index in [2.05, 4.69) is 16.6 Å². The van der Waals surface area contributed by atoms with Gasteiger partial charge in [-0.2, -0.15) is 0 Å². The van der Waals surface area contributed by atoms with E-state index >= 15 is 0 Å². The number of amides is 2. The largest absolute Gasteiger partial charge is 0.481 e. The van der Waals surface area contributed by atoms with Crippen LogP contribution in [0.5, 0.6) is 0 Å². The first kappa shape index (κ1) is 14.6. The summed E-state index contributed by atoms with van der Waals surface area (Å²) >= 11 is 0. The van der Waals surface area contributed by atoms with Crippen molar-refractivity contribution in [1.29, 1.82) is 0 Å². The molecule has 0 spiro atoms. The summed E-state index contributed by atoms with van der Waals surface area (Å²) < 4.78 is 0. The lowest BCUT2D eigenvalue weighted by molar-refractivity contribution is -0.136. The Morgan fingerprint density at radius 2 is 2.21 bits per heavy atom. The van der Waals surface area contributed by atoms with E-state index in [1.165, 1.54) is 0 Å². The molecule has 2 amide bonds. The number of aliphatic carboxylic acids is 1. The SMILES string of the molecule is C#CC(C)NC(=O)Nc1cccc(CCC(=O)O)c1. The smallest absolute Gasteiger partial charge is 0.320 e. The monoisotopic (exact) mass is 260 g/mol. The average molecular weight is 260 g/mol. The van der Waals surface area contributed by atoms with Gasteiger partial charge in [-0.3, -0.25) is 4.79 Å². The van der Waals surface area contributed by atoms with Crippen LogP contribution < -0.4 is 10.6 Å². The van der Waals surface area contributed by atoms with Gasteiger partial charge in [-0.15, -0.1) is 6.42 Å². The first-order valence-corrected chi connectivity index (χ1v) is 5.85. The van der Waals surface area contributed by atoms with Crippen LogP contribution in [-0.4, -0.2) is 23.1 Å². The zero-order valence-corrected chi connectivity index (χ0v) is 10.6. The normalized spacial score (nSPS) is 11.2. The number of benzene rings is 1. The second kappa shape index (κ2) is 7.07. The molecule has 0 heterocycles. The summed E-state index contributed by atoms with van der Waals surface area (Å²) in [5.74, 6) is 1.54. The number of terminal acetylenes is 1. The molecular formula is C14H16N2O3. The third kappa shape index (κ3) is 5.59. The van der Waals surface area contributed by atoms with Gasteiger partial charge in [0.15, 0.2) is 0 Å². The Labute approximate surface area is 112 Å². The second-order valence-electron chi connectivity index (χ2n) is 4.08. The predicted molar refractivity (Wildman–Crippen MR) is 72.8 cm³/mol. The Morgan fingerprint density at radius 1 is 1.47 bits per heavy atom. The van der Waals surface area contributed by atoms with Crippen molar-refractivity contribution in [1.82, 2.24) is 5.32 Å². The van der Waals surface area contributed by atoms with Crippen molar-refractivity contribution in [2.24, 2.45) is 0 Å². The molecular weight excluding hydrogens is 244 g/mol. The van der Waals surface area contributed by atoms with E-state index < -0.39 is 5.97 Å². The van der Waals surface area contributed by atoms with Crippen LogP contribution in [0.15, 0.2) is 24.3 Å². The number of aryl methyl sites for hydroxylation is 1. The van der Waals surface area contributed by atoms with Crippen LogP contribution in [-0.2, 0) is 11.2 Å². The Bertz CT molecular complexity index is 506. The molecule has 100 valence electrons. The number of carbonyl (C=O) groups is 2. The van der Waals surface area contributed by atoms with Crippen molar-refractivity contribution in [3.8, 4) is 12.3 Å². The topological polar surface area (TPSA) is 78.4 Å². The first-order chi connectivity index (χ1) is 9.01. The molecule has 0 aliphatic rings. The molecule has 1 aromatic rings. The van der Waals surface area contributed by atoms with Gasteiger partial charge in [-0.1, -0.05) is 18.1 Å². The highest BCUT2D eigenvalue weighted by Crippen LogP contribution is 2.12. The van der Waals surface area contributed by atoms with E-state index in [0.29, 0.717) is 12.1 Å². The maximum atomic E-state index is 11.5. The molecule has 0 aliphatic heterocycles. The zero-order chi connectivity index (χ0) is 14.3. The number of hydrogen-bond acceptors (Lipinski definition) is 2. The van der Waals surface area contributed by atoms with Crippen LogP contribution in [0.2, 0.25) is 0 Å². The fourth-order valence-corrected chi connectivity index (χ4v) is 1.46. The van der Waals surface area contributed by atoms with E-state index in [1.54, 1.807) is 25.1 Å². The lowest BCUT2D eigenvalue weighted by Crippen LogP contribution is -2.35. The highest BCUT2D eigenvalue weighted by atomic mass is 16.4. The Kier molecular flexibility index (Phi) is 5.42. The van der Waals surface area contributed by atoms with Crippen LogP contribution in [0.25, 0.3) is 0 Å². The van der Waals surface area contributed by atoms with Gasteiger partial charge in [0, 0.05) is 12.1 Å². The zero-order valence-electron chi connectivity index (χ0n) is 10.6. The van der Waals surface area contributed by atoms with Crippen molar-refractivity contribution >= 4 is 17.7 Å². The number of anilines is 1. The maximum Gasteiger partial charge on any atom is 0.320 e. The number of carbonyl (C=O) groups excluding carboxylic acids is 1. The van der Waals surface area contributed by atoms with Gasteiger partial charge in [0.25, 0.3) is 0 Å². The van der Waals surface area contributed by atoms with Crippen LogP contribution in [0.3, 0.4) is 0 Å². The van der Waals surface area contributed by atoms with Gasteiger partial charge in [0.2, 0.25) is 0 Å². The fraction of sp³-hybridized carbons (Fsp3) is 0.286. The average Bonchev–Trinajstić information content (AvgIpc) is 2.36. The number of carboxylic acid groups (broad SMARTS) is 1. The van der Waals surface area contributed by atoms with Crippen molar-refractivity contribution in [3.05, 3.63) is 29.8 Å². The van der Waals surface area contributed by atoms with Crippen LogP contribution in [0, 0.1) is 12.3 Å². The molecule has 0 radical (unpaired) electrons. The number of carboxylic acids is 1. The summed E-state index contributed by atoms with van der Waals surface area (Å²) in [4.78, 5) is 22.0. The van der Waals surface area contributed by atoms with E-state index in [-0.39, 0.29) is 18.5 Å². The molecule has 3 N–H and O–H groups in total. The lowest BCUT2D eigenvalue weighted by Gasteiger charge is -2.10. The van der Waals surface area contributed by atoms with Crippen LogP contribution >= 0.6 is 0 Å². The van der Waals surface area contributed by atoms with Gasteiger partial charge < -0.3 is 15.7 Å². The molecule has 0 fully saturated rings. The molecule has 19 heavy (non-hydrogen) atoms. The predicted octanol–water partition coefficient (Wildman–Crippen LogP) is 1.85. The first-order valence-electron chi connectivity index (χ1n) is 5.85. The third-order valence-electron chi connectivity index (χ3n) is 2.41. The minimum atomic E-state index is -0.848. The minimum absolute atomic E-state index is 0.0593. The van der Waals surface area contributed by atoms with Crippen molar-refractivity contribution in [2.75, 3.05) is 5.32 Å². The summed E-state index contributed by atoms with van der Waals surface area (Å²) in [5, 5.41) is 13.8. The van der Waals surface area contributed by atoms with Crippen molar-refractivity contribution in [2.45, 2.75) is 25.8 Å². The highest BCUT2D eigenvalue weighted by Gasteiger charge is 2.05. The number of urea groups is 1. The minimum Gasteiger partial charge on any atom is -0.481 e. The summed E-state index contributed by atoms with van der Waals surface area (Å²) in [6.45, 7) is 1.70. The number of hydrogen-bond donors (Lipinski definition) is 3. The summed E-state index contributed by atoms with van der Waals surface area (Å²) in [6, 6.07) is 6.30. The molecule has 1 rings (SSSR count). The molecule has 0 saturated carbocycles. The van der Waals surface area contributed by atoms with E-state index in [0.717, 1.165) is 5.56 Å². The molecule has 1 unspecified atom stereocenters. The Balaban J connectivity index is 2.59. The third-order valence-corrected chi connectivity index (χ3v) is 2.41. The molecule has 1 aromatic carbocycles. The van der Waals surface area contributed by atoms with Crippen molar-refractivity contribution in [3.63, 3.8) is 0 Å². The number of rotatable bonds is 5. The highest BCUT2D eigenvalue weighted by molar-refractivity contribution is 5.89. The molecule has 0 aromatic heterocycles. The van der Waals surface area contributed by atoms with Crippen LogP contribution in [0.1, 0.15) is 18.9 Å². The van der Waals surface area contributed by atoms with Crippen LogP contribution in [0.4, 0.5) is 10.5 Å². The summed E-state index contributed by atoms with van der Waals surface area (Å²) in [6.07, 6.45) is 5.64. The Morgan fingerprint density at radius 3 is 2.84 bits per heavy atom. The van der Waals surface area contributed by atoms with E-state index in [9.17, 15) is 9.59 Å². The van der Waals surface area contributed by atoms with Gasteiger partial charge >= 0.3 is 12.0 Å². The molecule has 1 atom stereocenters. The fourth-order valence-electron chi connectivity index (χ4n) is 1.46. The van der Waals surface area contributed by atoms with E-state index in [1.807, 2.05) is 6.07 Å². The van der Waals surface area contributed by atoms with Crippen molar-refractivity contribution < 1.29 is 14.7 Å². The van der Waals surface area contributed by atoms with Gasteiger partial charge in [0.05, 0.1) is 6.04 Å². The molecule has 0 bridgehead atoms. The molecule has 5 nitrogen and oxygen atoms in total. The summed E-state index contributed by atoms with van der Waals surface area (Å²) in [7, 11) is 0. The second-order valence-corrected chi connectivity index (χ2v) is 4.08. The van der Waals surface area contributed by atoms with Gasteiger partial charge in [-0.05, 0) is 31.0 Å². The lowest BCUT2D eigenvalue weighted by atomic mass is 10.1. The Hall–Kier alpha value is -2.48. The molecule has 5 heteroatoms. The van der Waals surface area contributed by atoms with Gasteiger partial charge in [-0.25, -0.2) is 4.79 Å². The standard InChI is InChI=1S/C14H16N2O3/c1-3-10(2)15-14(19)16-12-6-4-5-11(9-12)7-8-13(17)18/h1,4-6,9-10H,7-8H2,2H3,(H,17,18)(H2,15,16,19). The maximum absolute atomic E-state index is 11.5. The quantitative estimate of drug-likeness (QED) is 0.707.